The average molecular weight is 258 g/mol. The van der Waals surface area contributed by atoms with Gasteiger partial charge in [-0.05, 0) is 54.6 Å². The van der Waals surface area contributed by atoms with Gasteiger partial charge in [0.15, 0.2) is 5.78 Å². The Bertz CT molecular complexity index is 595. The molecule has 0 amide bonds. The van der Waals surface area contributed by atoms with Gasteiger partial charge in [0, 0.05) is 4.88 Å². The van der Waals surface area contributed by atoms with Crippen LogP contribution in [0, 0.1) is 13.8 Å². The van der Waals surface area contributed by atoms with Gasteiger partial charge in [0.2, 0.25) is 0 Å². The van der Waals surface area contributed by atoms with Gasteiger partial charge < -0.3 is 5.11 Å². The number of phenolic OH excluding ortho intramolecular Hbond substituents is 1. The zero-order valence-electron chi connectivity index (χ0n) is 10.3. The van der Waals surface area contributed by atoms with Gasteiger partial charge in [0.1, 0.15) is 5.75 Å². The van der Waals surface area contributed by atoms with Gasteiger partial charge in [-0.1, -0.05) is 12.1 Å². The summed E-state index contributed by atoms with van der Waals surface area (Å²) >= 11 is 1.57. The molecular formula is C15H14O2S. The highest BCUT2D eigenvalue weighted by Gasteiger charge is 2.11. The molecule has 0 aliphatic rings. The summed E-state index contributed by atoms with van der Waals surface area (Å²) in [6.07, 6.45) is 3.27. The van der Waals surface area contributed by atoms with Crippen molar-refractivity contribution >= 4 is 23.2 Å². The third-order valence-corrected chi connectivity index (χ3v) is 3.49. The van der Waals surface area contributed by atoms with E-state index in [1.165, 1.54) is 6.08 Å². The molecule has 1 aromatic heterocycles. The minimum atomic E-state index is -0.173. The maximum absolute atomic E-state index is 12.0. The molecule has 0 saturated heterocycles. The number of carbonyl (C=O) groups is 1. The van der Waals surface area contributed by atoms with E-state index in [9.17, 15) is 9.90 Å². The fraction of sp³-hybridized carbons (Fsp3) is 0.133. The second-order valence-corrected chi connectivity index (χ2v) is 5.17. The molecule has 0 spiro atoms. The summed E-state index contributed by atoms with van der Waals surface area (Å²) in [4.78, 5) is 13.0. The van der Waals surface area contributed by atoms with Gasteiger partial charge in [-0.25, -0.2) is 0 Å². The van der Waals surface area contributed by atoms with Crippen LogP contribution in [0.3, 0.4) is 0 Å². The highest BCUT2D eigenvalue weighted by Crippen LogP contribution is 2.24. The van der Waals surface area contributed by atoms with E-state index in [0.717, 1.165) is 16.0 Å². The molecule has 0 aliphatic carbocycles. The monoisotopic (exact) mass is 258 g/mol. The molecule has 2 rings (SSSR count). The van der Waals surface area contributed by atoms with Crippen molar-refractivity contribution < 1.29 is 9.90 Å². The number of thiophene rings is 1. The van der Waals surface area contributed by atoms with Crippen molar-refractivity contribution in [3.8, 4) is 5.75 Å². The van der Waals surface area contributed by atoms with E-state index in [1.807, 2.05) is 30.5 Å². The number of aromatic hydroxyl groups is 1. The lowest BCUT2D eigenvalue weighted by Crippen LogP contribution is -1.97. The van der Waals surface area contributed by atoms with Crippen molar-refractivity contribution in [2.24, 2.45) is 0 Å². The molecule has 1 N–H and O–H groups in total. The first kappa shape index (κ1) is 12.6. The molecule has 1 aromatic carbocycles. The first-order valence-electron chi connectivity index (χ1n) is 5.64. The third-order valence-electron chi connectivity index (χ3n) is 2.65. The number of ketones is 1. The fourth-order valence-electron chi connectivity index (χ4n) is 1.78. The zero-order valence-corrected chi connectivity index (χ0v) is 11.1. The minimum absolute atomic E-state index is 0.0708. The Hall–Kier alpha value is -1.87. The third kappa shape index (κ3) is 2.68. The van der Waals surface area contributed by atoms with E-state index in [2.05, 4.69) is 0 Å². The highest BCUT2D eigenvalue weighted by atomic mass is 32.1. The summed E-state index contributed by atoms with van der Waals surface area (Å²) in [5.74, 6) is -0.103. The number of phenols is 1. The van der Waals surface area contributed by atoms with Crippen LogP contribution in [0.25, 0.3) is 6.08 Å². The maximum Gasteiger partial charge on any atom is 0.189 e. The quantitative estimate of drug-likeness (QED) is 0.668. The van der Waals surface area contributed by atoms with Crippen LogP contribution in [-0.2, 0) is 0 Å². The number of carbonyl (C=O) groups excluding carboxylic acids is 1. The second kappa shape index (κ2) is 5.19. The number of benzene rings is 1. The van der Waals surface area contributed by atoms with Crippen molar-refractivity contribution in [1.29, 1.82) is 0 Å². The number of hydrogen-bond donors (Lipinski definition) is 1. The van der Waals surface area contributed by atoms with Crippen LogP contribution < -0.4 is 0 Å². The van der Waals surface area contributed by atoms with Gasteiger partial charge in [-0.15, -0.1) is 11.3 Å². The molecule has 0 unspecified atom stereocenters. The van der Waals surface area contributed by atoms with Crippen LogP contribution in [0.2, 0.25) is 0 Å². The molecule has 18 heavy (non-hydrogen) atoms. The van der Waals surface area contributed by atoms with Crippen molar-refractivity contribution in [1.82, 2.24) is 0 Å². The van der Waals surface area contributed by atoms with E-state index in [4.69, 9.17) is 0 Å². The Morgan fingerprint density at radius 1 is 1.33 bits per heavy atom. The Labute approximate surface area is 110 Å². The van der Waals surface area contributed by atoms with E-state index < -0.39 is 0 Å². The van der Waals surface area contributed by atoms with Crippen LogP contribution in [0.5, 0.6) is 5.75 Å². The van der Waals surface area contributed by atoms with Crippen LogP contribution in [0.15, 0.2) is 35.7 Å². The summed E-state index contributed by atoms with van der Waals surface area (Å²) < 4.78 is 0. The molecule has 0 saturated carbocycles. The lowest BCUT2D eigenvalue weighted by atomic mass is 10.0. The average Bonchev–Trinajstić information content (AvgIpc) is 2.83. The maximum atomic E-state index is 12.0. The van der Waals surface area contributed by atoms with E-state index in [-0.39, 0.29) is 11.5 Å². The Morgan fingerprint density at radius 2 is 2.11 bits per heavy atom. The zero-order chi connectivity index (χ0) is 13.1. The molecule has 0 fully saturated rings. The number of rotatable bonds is 3. The van der Waals surface area contributed by atoms with E-state index in [0.29, 0.717) is 5.56 Å². The molecule has 2 aromatic rings. The fourth-order valence-corrected chi connectivity index (χ4v) is 2.40. The van der Waals surface area contributed by atoms with Crippen LogP contribution in [0.4, 0.5) is 0 Å². The van der Waals surface area contributed by atoms with Crippen molar-refractivity contribution in [3.05, 3.63) is 57.3 Å². The summed E-state index contributed by atoms with van der Waals surface area (Å²) in [6.45, 7) is 3.70. The largest absolute Gasteiger partial charge is 0.507 e. The van der Waals surface area contributed by atoms with Gasteiger partial charge >= 0.3 is 0 Å². The summed E-state index contributed by atoms with van der Waals surface area (Å²) in [6, 6.07) is 7.44. The first-order valence-corrected chi connectivity index (χ1v) is 6.52. The highest BCUT2D eigenvalue weighted by molar-refractivity contribution is 7.10. The number of allylic oxidation sites excluding steroid dienone is 1. The summed E-state index contributed by atoms with van der Waals surface area (Å²) in [7, 11) is 0. The molecule has 0 aliphatic heterocycles. The predicted octanol–water partition coefficient (Wildman–Crippen LogP) is 3.97. The first-order chi connectivity index (χ1) is 8.58. The SMILES string of the molecule is Cc1cc(C)c(O)c(C(=O)C=Cc2cccs2)c1. The smallest absolute Gasteiger partial charge is 0.189 e. The molecule has 0 radical (unpaired) electrons. The Morgan fingerprint density at radius 3 is 2.78 bits per heavy atom. The van der Waals surface area contributed by atoms with Gasteiger partial charge in [-0.3, -0.25) is 4.79 Å². The molecule has 92 valence electrons. The lowest BCUT2D eigenvalue weighted by Gasteiger charge is -2.05. The number of aryl methyl sites for hydroxylation is 2. The van der Waals surface area contributed by atoms with Gasteiger partial charge in [0.25, 0.3) is 0 Å². The minimum Gasteiger partial charge on any atom is -0.507 e. The molecule has 1 heterocycles. The number of hydrogen-bond acceptors (Lipinski definition) is 3. The lowest BCUT2D eigenvalue weighted by molar-refractivity contribution is 0.104. The van der Waals surface area contributed by atoms with Crippen LogP contribution >= 0.6 is 11.3 Å². The molecule has 3 heteroatoms. The van der Waals surface area contributed by atoms with Crippen LogP contribution in [-0.4, -0.2) is 10.9 Å². The van der Waals surface area contributed by atoms with Crippen LogP contribution in [0.1, 0.15) is 26.4 Å². The predicted molar refractivity (Wildman–Crippen MR) is 75.3 cm³/mol. The summed E-state index contributed by atoms with van der Waals surface area (Å²) in [5.41, 5.74) is 2.06. The Kier molecular flexibility index (Phi) is 3.63. The summed E-state index contributed by atoms with van der Waals surface area (Å²) in [5, 5.41) is 11.9. The normalized spacial score (nSPS) is 11.0. The molecule has 2 nitrogen and oxygen atoms in total. The molecular weight excluding hydrogens is 244 g/mol. The van der Waals surface area contributed by atoms with Crippen molar-refractivity contribution in [2.45, 2.75) is 13.8 Å². The van der Waals surface area contributed by atoms with Crippen molar-refractivity contribution in [2.75, 3.05) is 0 Å². The Balaban J connectivity index is 2.29. The molecule has 0 bridgehead atoms. The topological polar surface area (TPSA) is 37.3 Å². The van der Waals surface area contributed by atoms with E-state index >= 15 is 0 Å². The molecule has 0 atom stereocenters. The van der Waals surface area contributed by atoms with E-state index in [1.54, 1.807) is 30.4 Å². The van der Waals surface area contributed by atoms with Gasteiger partial charge in [0.05, 0.1) is 5.56 Å². The standard InChI is InChI=1S/C15H14O2S/c1-10-8-11(2)15(17)13(9-10)14(16)6-5-12-4-3-7-18-12/h3-9,17H,1-2H3. The van der Waals surface area contributed by atoms with Crippen molar-refractivity contribution in [3.63, 3.8) is 0 Å². The van der Waals surface area contributed by atoms with Gasteiger partial charge in [-0.2, -0.15) is 0 Å². The second-order valence-electron chi connectivity index (χ2n) is 4.19.